The molecule has 1 N–H and O–H groups in total. The van der Waals surface area contributed by atoms with Gasteiger partial charge in [-0.3, -0.25) is 19.7 Å². The first-order chi connectivity index (χ1) is 18.3. The first kappa shape index (κ1) is 25.3. The topological polar surface area (TPSA) is 122 Å². The second-order valence-electron chi connectivity index (χ2n) is 9.49. The molecule has 1 aliphatic carbocycles. The molecule has 198 valence electrons. The summed E-state index contributed by atoms with van der Waals surface area (Å²) in [5, 5.41) is 14.9. The SMILES string of the molecule is COc1c(N2CCN(C)CC2)c(F)cc2c(=O)c(C(=O)N/N=C\c3cccc([N+](=O)[O-])c3)cn(C3CC3)c12. The Morgan fingerprint density at radius 1 is 1.24 bits per heavy atom. The highest BCUT2D eigenvalue weighted by Crippen LogP contribution is 2.43. The molecule has 2 aromatic carbocycles. The molecule has 12 heteroatoms. The Morgan fingerprint density at radius 2 is 1.97 bits per heavy atom. The number of benzene rings is 2. The number of non-ortho nitro benzene ring substituents is 1. The Hall–Kier alpha value is -4.32. The lowest BCUT2D eigenvalue weighted by Gasteiger charge is -2.35. The number of ether oxygens (including phenoxy) is 1. The zero-order chi connectivity index (χ0) is 27.0. The van der Waals surface area contributed by atoms with E-state index < -0.39 is 22.1 Å². The van der Waals surface area contributed by atoms with Crippen molar-refractivity contribution in [3.05, 3.63) is 73.8 Å². The van der Waals surface area contributed by atoms with Crippen LogP contribution in [0.5, 0.6) is 5.75 Å². The van der Waals surface area contributed by atoms with Gasteiger partial charge in [0.15, 0.2) is 11.6 Å². The van der Waals surface area contributed by atoms with Crippen molar-refractivity contribution < 1.29 is 18.8 Å². The van der Waals surface area contributed by atoms with E-state index in [0.717, 1.165) is 25.9 Å². The molecule has 2 fully saturated rings. The molecule has 0 unspecified atom stereocenters. The molecule has 1 aliphatic heterocycles. The van der Waals surface area contributed by atoms with Gasteiger partial charge in [-0.1, -0.05) is 12.1 Å². The first-order valence-corrected chi connectivity index (χ1v) is 12.2. The van der Waals surface area contributed by atoms with Gasteiger partial charge in [-0.05, 0) is 26.0 Å². The summed E-state index contributed by atoms with van der Waals surface area (Å²) < 4.78 is 23.1. The summed E-state index contributed by atoms with van der Waals surface area (Å²) in [5.41, 5.74) is 2.55. The van der Waals surface area contributed by atoms with E-state index in [0.29, 0.717) is 29.9 Å². The number of halogens is 1. The summed E-state index contributed by atoms with van der Waals surface area (Å²) >= 11 is 0. The number of hydrazone groups is 1. The Morgan fingerprint density at radius 3 is 2.63 bits per heavy atom. The zero-order valence-corrected chi connectivity index (χ0v) is 21.0. The highest BCUT2D eigenvalue weighted by Gasteiger charge is 2.31. The van der Waals surface area contributed by atoms with Crippen LogP contribution in [0.4, 0.5) is 15.8 Å². The van der Waals surface area contributed by atoms with Gasteiger partial charge in [0.25, 0.3) is 11.6 Å². The van der Waals surface area contributed by atoms with Crippen LogP contribution in [-0.4, -0.2) is 66.8 Å². The van der Waals surface area contributed by atoms with E-state index in [1.165, 1.54) is 43.8 Å². The van der Waals surface area contributed by atoms with Crippen LogP contribution in [0.3, 0.4) is 0 Å². The number of nitro groups is 1. The largest absolute Gasteiger partial charge is 0.492 e. The molecule has 11 nitrogen and oxygen atoms in total. The van der Waals surface area contributed by atoms with Crippen molar-refractivity contribution in [1.29, 1.82) is 0 Å². The van der Waals surface area contributed by atoms with Crippen LogP contribution in [0, 0.1) is 15.9 Å². The summed E-state index contributed by atoms with van der Waals surface area (Å²) in [6, 6.07) is 6.98. The molecular formula is C26H27FN6O5. The number of rotatable bonds is 7. The number of hydrogen-bond donors (Lipinski definition) is 1. The minimum atomic E-state index is -0.768. The minimum absolute atomic E-state index is 0.0534. The molecule has 2 heterocycles. The monoisotopic (exact) mass is 522 g/mol. The third-order valence-electron chi connectivity index (χ3n) is 6.87. The number of nitrogens with zero attached hydrogens (tertiary/aromatic N) is 5. The number of amides is 1. The molecule has 1 amide bonds. The lowest BCUT2D eigenvalue weighted by atomic mass is 10.1. The zero-order valence-electron chi connectivity index (χ0n) is 21.0. The molecule has 0 bridgehead atoms. The van der Waals surface area contributed by atoms with Gasteiger partial charge in [0.2, 0.25) is 5.43 Å². The number of piperazine rings is 1. The molecule has 1 saturated heterocycles. The van der Waals surface area contributed by atoms with Crippen LogP contribution < -0.4 is 20.5 Å². The quantitative estimate of drug-likeness (QED) is 0.288. The Labute approximate surface area is 217 Å². The molecule has 0 radical (unpaired) electrons. The second kappa shape index (κ2) is 10.2. The minimum Gasteiger partial charge on any atom is -0.492 e. The van der Waals surface area contributed by atoms with Gasteiger partial charge >= 0.3 is 0 Å². The summed E-state index contributed by atoms with van der Waals surface area (Å²) in [5.74, 6) is -1.07. The third kappa shape index (κ3) is 4.82. The fourth-order valence-corrected chi connectivity index (χ4v) is 4.71. The average molecular weight is 523 g/mol. The molecular weight excluding hydrogens is 495 g/mol. The van der Waals surface area contributed by atoms with E-state index in [-0.39, 0.29) is 28.4 Å². The van der Waals surface area contributed by atoms with Crippen molar-refractivity contribution in [2.45, 2.75) is 18.9 Å². The number of likely N-dealkylation sites (N-methyl/N-ethyl adjacent to an activating group) is 1. The van der Waals surface area contributed by atoms with Crippen LogP contribution in [0.2, 0.25) is 0 Å². The van der Waals surface area contributed by atoms with Crippen molar-refractivity contribution in [3.8, 4) is 5.75 Å². The van der Waals surface area contributed by atoms with Crippen LogP contribution in [0.15, 0.2) is 46.4 Å². The standard InChI is InChI=1S/C26H27FN6O5/c1-30-8-10-31(11-9-30)23-21(27)13-19-22(25(23)38-2)32(17-6-7-17)15-20(24(19)34)26(35)29-28-14-16-4-3-5-18(12-16)33(36)37/h3-5,12-15,17H,6-11H2,1-2H3,(H,29,35)/b28-14-. The lowest BCUT2D eigenvalue weighted by Crippen LogP contribution is -2.45. The number of nitrogens with one attached hydrogen (secondary N) is 1. The van der Waals surface area contributed by atoms with Crippen molar-refractivity contribution in [1.82, 2.24) is 14.9 Å². The fraction of sp³-hybridized carbons (Fsp3) is 0.346. The van der Waals surface area contributed by atoms with Gasteiger partial charge in [0.05, 0.1) is 29.2 Å². The van der Waals surface area contributed by atoms with Crippen LogP contribution in [-0.2, 0) is 0 Å². The number of pyridine rings is 1. The number of anilines is 1. The van der Waals surface area contributed by atoms with Crippen LogP contribution in [0.1, 0.15) is 34.8 Å². The highest BCUT2D eigenvalue weighted by atomic mass is 19.1. The number of fused-ring (bicyclic) bond motifs is 1. The Balaban J connectivity index is 1.52. The normalized spacial score (nSPS) is 16.2. The average Bonchev–Trinajstić information content (AvgIpc) is 3.75. The predicted octanol–water partition coefficient (Wildman–Crippen LogP) is 2.91. The number of hydrogen-bond acceptors (Lipinski definition) is 8. The van der Waals surface area contributed by atoms with Crippen LogP contribution >= 0.6 is 0 Å². The van der Waals surface area contributed by atoms with Gasteiger partial charge in [-0.15, -0.1) is 0 Å². The van der Waals surface area contributed by atoms with Crippen molar-refractivity contribution >= 4 is 34.4 Å². The van der Waals surface area contributed by atoms with E-state index in [4.69, 9.17) is 4.74 Å². The molecule has 2 aliphatic rings. The van der Waals surface area contributed by atoms with Gasteiger partial charge in [0.1, 0.15) is 11.3 Å². The number of carbonyl (C=O) groups is 1. The lowest BCUT2D eigenvalue weighted by molar-refractivity contribution is -0.384. The molecule has 0 atom stereocenters. The smallest absolute Gasteiger partial charge is 0.276 e. The van der Waals surface area contributed by atoms with Gasteiger partial charge < -0.3 is 19.1 Å². The van der Waals surface area contributed by atoms with E-state index in [1.807, 2.05) is 16.5 Å². The maximum atomic E-state index is 15.5. The molecule has 1 aromatic heterocycles. The summed E-state index contributed by atoms with van der Waals surface area (Å²) in [6.45, 7) is 2.77. The number of methoxy groups -OCH3 is 1. The maximum Gasteiger partial charge on any atom is 0.276 e. The molecule has 3 aromatic rings. The molecule has 0 spiro atoms. The second-order valence-corrected chi connectivity index (χ2v) is 9.49. The van der Waals surface area contributed by atoms with Crippen molar-refractivity contribution in [2.24, 2.45) is 5.10 Å². The number of aromatic nitrogens is 1. The van der Waals surface area contributed by atoms with Crippen molar-refractivity contribution in [3.63, 3.8) is 0 Å². The van der Waals surface area contributed by atoms with Crippen LogP contribution in [0.25, 0.3) is 10.9 Å². The predicted molar refractivity (Wildman–Crippen MR) is 141 cm³/mol. The first-order valence-electron chi connectivity index (χ1n) is 12.2. The number of carbonyl (C=O) groups excluding carboxylic acids is 1. The Bertz CT molecular complexity index is 1510. The Kier molecular flexibility index (Phi) is 6.81. The summed E-state index contributed by atoms with van der Waals surface area (Å²) in [6.07, 6.45) is 4.44. The van der Waals surface area contributed by atoms with E-state index >= 15 is 4.39 Å². The molecule has 38 heavy (non-hydrogen) atoms. The van der Waals surface area contributed by atoms with E-state index in [9.17, 15) is 19.7 Å². The van der Waals surface area contributed by atoms with Gasteiger partial charge in [-0.2, -0.15) is 5.10 Å². The molecule has 5 rings (SSSR count). The summed E-state index contributed by atoms with van der Waals surface area (Å²) in [4.78, 5) is 40.9. The van der Waals surface area contributed by atoms with Gasteiger partial charge in [0, 0.05) is 56.1 Å². The highest BCUT2D eigenvalue weighted by molar-refractivity contribution is 6.00. The summed E-state index contributed by atoms with van der Waals surface area (Å²) in [7, 11) is 3.47. The third-order valence-corrected chi connectivity index (χ3v) is 6.87. The fourth-order valence-electron chi connectivity index (χ4n) is 4.71. The number of nitro benzene ring substituents is 1. The molecule has 1 saturated carbocycles. The van der Waals surface area contributed by atoms with E-state index in [1.54, 1.807) is 6.07 Å². The van der Waals surface area contributed by atoms with Gasteiger partial charge in [-0.25, -0.2) is 9.82 Å². The maximum absolute atomic E-state index is 15.5. The van der Waals surface area contributed by atoms with Crippen molar-refractivity contribution in [2.75, 3.05) is 45.2 Å². The van der Waals surface area contributed by atoms with E-state index in [2.05, 4.69) is 15.4 Å².